The number of aryl methyl sites for hydroxylation is 1. The molecule has 0 fully saturated rings. The van der Waals surface area contributed by atoms with Crippen LogP contribution in [-0.4, -0.2) is 37.7 Å². The van der Waals surface area contributed by atoms with E-state index in [9.17, 15) is 4.79 Å². The molecule has 6 nitrogen and oxygen atoms in total. The van der Waals surface area contributed by atoms with Crippen molar-refractivity contribution in [2.45, 2.75) is 50.6 Å². The first-order valence-corrected chi connectivity index (χ1v) is 7.67. The lowest BCUT2D eigenvalue weighted by Gasteiger charge is -2.28. The second-order valence-electron chi connectivity index (χ2n) is 5.29. The van der Waals surface area contributed by atoms with Gasteiger partial charge in [0.05, 0.1) is 12.6 Å². The van der Waals surface area contributed by atoms with Crippen LogP contribution in [0.1, 0.15) is 31.9 Å². The van der Waals surface area contributed by atoms with Gasteiger partial charge in [0.25, 0.3) is 0 Å². The molecule has 1 aromatic heterocycles. The molecule has 1 amide bonds. The zero-order valence-electron chi connectivity index (χ0n) is 12.0. The molecule has 20 heavy (non-hydrogen) atoms. The lowest BCUT2D eigenvalue weighted by Crippen LogP contribution is -2.51. The molecule has 2 heterocycles. The molecule has 0 bridgehead atoms. The van der Waals surface area contributed by atoms with Gasteiger partial charge in [-0.05, 0) is 26.5 Å². The molecule has 0 aromatic carbocycles. The topological polar surface area (TPSA) is 85.8 Å². The van der Waals surface area contributed by atoms with E-state index in [4.69, 9.17) is 5.73 Å². The number of thioether (sulfide) groups is 1. The number of hydrogen-bond donors (Lipinski definition) is 2. The molecular formula is C12H22ClN5OS. The van der Waals surface area contributed by atoms with Crippen LogP contribution in [0.5, 0.6) is 0 Å². The van der Waals surface area contributed by atoms with E-state index < -0.39 is 6.04 Å². The van der Waals surface area contributed by atoms with Gasteiger partial charge < -0.3 is 15.6 Å². The van der Waals surface area contributed by atoms with Gasteiger partial charge in [0, 0.05) is 17.7 Å². The van der Waals surface area contributed by atoms with Crippen LogP contribution >= 0.6 is 24.2 Å². The van der Waals surface area contributed by atoms with Crippen molar-refractivity contribution in [2.24, 2.45) is 5.73 Å². The van der Waals surface area contributed by atoms with Crippen molar-refractivity contribution in [3.8, 4) is 0 Å². The average molecular weight is 320 g/mol. The number of nitrogens with one attached hydrogen (secondary N) is 1. The van der Waals surface area contributed by atoms with Crippen molar-refractivity contribution < 1.29 is 4.79 Å². The van der Waals surface area contributed by atoms with Gasteiger partial charge in [-0.1, -0.05) is 0 Å². The van der Waals surface area contributed by atoms with E-state index in [2.05, 4.69) is 20.1 Å². The molecule has 0 saturated heterocycles. The van der Waals surface area contributed by atoms with Crippen molar-refractivity contribution in [3.63, 3.8) is 0 Å². The number of nitrogens with zero attached hydrogens (tertiary/aromatic N) is 3. The van der Waals surface area contributed by atoms with Crippen LogP contribution in [0.25, 0.3) is 0 Å². The van der Waals surface area contributed by atoms with Crippen LogP contribution in [0, 0.1) is 0 Å². The van der Waals surface area contributed by atoms with Crippen LogP contribution in [-0.2, 0) is 24.3 Å². The summed E-state index contributed by atoms with van der Waals surface area (Å²) in [5, 5.41) is 11.1. The maximum atomic E-state index is 12.0. The summed E-state index contributed by atoms with van der Waals surface area (Å²) in [6.45, 7) is 5.27. The number of amides is 1. The zero-order chi connectivity index (χ0) is 14.0. The number of hydrogen-bond acceptors (Lipinski definition) is 5. The van der Waals surface area contributed by atoms with E-state index in [0.717, 1.165) is 31.0 Å². The molecule has 114 valence electrons. The van der Waals surface area contributed by atoms with E-state index >= 15 is 0 Å². The van der Waals surface area contributed by atoms with Gasteiger partial charge >= 0.3 is 0 Å². The highest BCUT2D eigenvalue weighted by atomic mass is 35.5. The van der Waals surface area contributed by atoms with E-state index in [1.807, 2.05) is 20.1 Å². The van der Waals surface area contributed by atoms with E-state index in [1.54, 1.807) is 11.8 Å². The Morgan fingerprint density at radius 3 is 2.90 bits per heavy atom. The summed E-state index contributed by atoms with van der Waals surface area (Å²) in [5.74, 6) is 1.68. The second kappa shape index (κ2) is 6.78. The molecule has 0 radical (unpaired) electrons. The van der Waals surface area contributed by atoms with Gasteiger partial charge in [-0.25, -0.2) is 0 Å². The SMILES string of the molecule is CSC(C)(C)[C@H](N)C(=O)NCc1nnc2n1CCC2.Cl. The van der Waals surface area contributed by atoms with Gasteiger partial charge in [-0.2, -0.15) is 11.8 Å². The van der Waals surface area contributed by atoms with Crippen molar-refractivity contribution >= 4 is 30.1 Å². The summed E-state index contributed by atoms with van der Waals surface area (Å²) >= 11 is 1.59. The third-order valence-electron chi connectivity index (χ3n) is 3.66. The van der Waals surface area contributed by atoms with Crippen molar-refractivity contribution in [1.29, 1.82) is 0 Å². The van der Waals surface area contributed by atoms with E-state index in [0.29, 0.717) is 6.54 Å². The van der Waals surface area contributed by atoms with Gasteiger partial charge in [0.2, 0.25) is 5.91 Å². The standard InChI is InChI=1S/C12H21N5OS.ClH/c1-12(2,19-3)10(13)11(18)14-7-9-16-15-8-5-4-6-17(8)9;/h10H,4-7,13H2,1-3H3,(H,14,18);1H/t10-;/m1./s1. The third kappa shape index (κ3) is 3.45. The lowest BCUT2D eigenvalue weighted by atomic mass is 10.0. The molecule has 0 spiro atoms. The molecule has 1 aliphatic heterocycles. The highest BCUT2D eigenvalue weighted by Crippen LogP contribution is 2.24. The first kappa shape index (κ1) is 17.3. The minimum absolute atomic E-state index is 0. The number of rotatable bonds is 5. The fourth-order valence-electron chi connectivity index (χ4n) is 2.06. The monoisotopic (exact) mass is 319 g/mol. The number of carbonyl (C=O) groups is 1. The fourth-order valence-corrected chi connectivity index (χ4v) is 2.42. The molecule has 1 aromatic rings. The van der Waals surface area contributed by atoms with Crippen LogP contribution in [0.4, 0.5) is 0 Å². The highest BCUT2D eigenvalue weighted by molar-refractivity contribution is 8.00. The predicted molar refractivity (Wildman–Crippen MR) is 83.0 cm³/mol. The number of carbonyl (C=O) groups excluding carboxylic acids is 1. The minimum atomic E-state index is -0.538. The molecule has 2 rings (SSSR count). The minimum Gasteiger partial charge on any atom is -0.347 e. The molecular weight excluding hydrogens is 298 g/mol. The number of nitrogens with two attached hydrogens (primary N) is 1. The molecule has 8 heteroatoms. The fraction of sp³-hybridized carbons (Fsp3) is 0.750. The second-order valence-corrected chi connectivity index (χ2v) is 6.75. The normalized spacial score (nSPS) is 15.4. The van der Waals surface area contributed by atoms with Crippen LogP contribution < -0.4 is 11.1 Å². The summed E-state index contributed by atoms with van der Waals surface area (Å²) in [5.41, 5.74) is 5.98. The van der Waals surface area contributed by atoms with Gasteiger partial charge in [0.15, 0.2) is 5.82 Å². The Bertz CT molecular complexity index is 476. The first-order valence-electron chi connectivity index (χ1n) is 6.45. The molecule has 0 aliphatic carbocycles. The largest absolute Gasteiger partial charge is 0.347 e. The maximum Gasteiger partial charge on any atom is 0.238 e. The number of fused-ring (bicyclic) bond motifs is 1. The third-order valence-corrected chi connectivity index (χ3v) is 4.97. The molecule has 0 saturated carbocycles. The number of aromatic nitrogens is 3. The van der Waals surface area contributed by atoms with Crippen LogP contribution in [0.15, 0.2) is 0 Å². The lowest BCUT2D eigenvalue weighted by molar-refractivity contribution is -0.123. The van der Waals surface area contributed by atoms with Crippen LogP contribution in [0.3, 0.4) is 0 Å². The molecule has 1 aliphatic rings. The van der Waals surface area contributed by atoms with Gasteiger partial charge in [-0.3, -0.25) is 4.79 Å². The van der Waals surface area contributed by atoms with Gasteiger partial charge in [0.1, 0.15) is 5.82 Å². The average Bonchev–Trinajstić information content (AvgIpc) is 2.98. The molecule has 3 N–H and O–H groups in total. The smallest absolute Gasteiger partial charge is 0.238 e. The Morgan fingerprint density at radius 1 is 1.55 bits per heavy atom. The van der Waals surface area contributed by atoms with Crippen LogP contribution in [0.2, 0.25) is 0 Å². The summed E-state index contributed by atoms with van der Waals surface area (Å²) in [6.07, 6.45) is 4.03. The summed E-state index contributed by atoms with van der Waals surface area (Å²) in [6, 6.07) is -0.538. The Hall–Kier alpha value is -0.790. The quantitative estimate of drug-likeness (QED) is 0.835. The Kier molecular flexibility index (Phi) is 5.85. The summed E-state index contributed by atoms with van der Waals surface area (Å²) < 4.78 is 1.79. The van der Waals surface area contributed by atoms with Crippen molar-refractivity contribution in [3.05, 3.63) is 11.6 Å². The Balaban J connectivity index is 0.00000200. The molecule has 1 atom stereocenters. The molecule has 0 unspecified atom stereocenters. The number of halogens is 1. The Morgan fingerprint density at radius 2 is 2.25 bits per heavy atom. The maximum absolute atomic E-state index is 12.0. The summed E-state index contributed by atoms with van der Waals surface area (Å²) in [4.78, 5) is 12.0. The highest BCUT2D eigenvalue weighted by Gasteiger charge is 2.31. The first-order chi connectivity index (χ1) is 8.95. The predicted octanol–water partition coefficient (Wildman–Crippen LogP) is 0.731. The zero-order valence-corrected chi connectivity index (χ0v) is 13.7. The van der Waals surface area contributed by atoms with Crippen molar-refractivity contribution in [2.75, 3.05) is 6.26 Å². The van der Waals surface area contributed by atoms with E-state index in [-0.39, 0.29) is 23.1 Å². The Labute approximate surface area is 129 Å². The summed E-state index contributed by atoms with van der Waals surface area (Å²) in [7, 11) is 0. The van der Waals surface area contributed by atoms with E-state index in [1.165, 1.54) is 0 Å². The van der Waals surface area contributed by atoms with Gasteiger partial charge in [-0.15, -0.1) is 22.6 Å². The van der Waals surface area contributed by atoms with Crippen molar-refractivity contribution in [1.82, 2.24) is 20.1 Å².